The number of hydrogen-bond donors (Lipinski definition) is 0. The lowest BCUT2D eigenvalue weighted by atomic mass is 10.8. The van der Waals surface area contributed by atoms with E-state index in [1.807, 2.05) is 0 Å². The van der Waals surface area contributed by atoms with Crippen LogP contribution in [0, 0.1) is 0 Å². The van der Waals surface area contributed by atoms with Gasteiger partial charge in [0.15, 0.2) is 0 Å². The van der Waals surface area contributed by atoms with E-state index in [0.29, 0.717) is 26.4 Å². The summed E-state index contributed by atoms with van der Waals surface area (Å²) < 4.78 is 31.8. The van der Waals surface area contributed by atoms with Crippen LogP contribution in [0.4, 0.5) is 0 Å². The molecule has 0 N–H and O–H groups in total. The Bertz CT molecular complexity index is 169. The molecule has 0 unspecified atom stereocenters. The lowest BCUT2D eigenvalue weighted by Gasteiger charge is -2.13. The first-order valence-electron chi connectivity index (χ1n) is 4.81. The summed E-state index contributed by atoms with van der Waals surface area (Å²) in [7, 11) is 0.871. The fourth-order valence-electron chi connectivity index (χ4n) is 0.837. The second-order valence-electron chi connectivity index (χ2n) is 3.36. The van der Waals surface area contributed by atoms with Gasteiger partial charge in [0, 0.05) is 14.2 Å². The maximum Gasteiger partial charge on any atom is 0.133 e. The monoisotopic (exact) mass is 240 g/mol. The molecule has 0 aromatic heterocycles. The molecule has 0 heterocycles. The molecule has 5 nitrogen and oxygen atoms in total. The topological polar surface area (TPSA) is 54.0 Å². The van der Waals surface area contributed by atoms with Crippen LogP contribution in [-0.4, -0.2) is 60.0 Å². The molecule has 0 bridgehead atoms. The first-order chi connectivity index (χ1) is 7.12. The van der Waals surface area contributed by atoms with Crippen LogP contribution in [0.1, 0.15) is 0 Å². The molecule has 6 heteroatoms. The van der Waals surface area contributed by atoms with Crippen LogP contribution in [-0.2, 0) is 23.5 Å². The Kier molecular flexibility index (Phi) is 9.35. The third kappa shape index (κ3) is 10.4. The van der Waals surface area contributed by atoms with Gasteiger partial charge in [-0.3, -0.25) is 0 Å². The fourth-order valence-corrected chi connectivity index (χ4v) is 1.94. The summed E-state index contributed by atoms with van der Waals surface area (Å²) in [5.74, 6) is 0. The zero-order valence-electron chi connectivity index (χ0n) is 9.73. The molecule has 0 aromatic carbocycles. The average Bonchev–Trinajstić information content (AvgIpc) is 2.20. The molecule has 0 aliphatic carbocycles. The summed E-state index contributed by atoms with van der Waals surface area (Å²) in [6.45, 7) is 3.64. The molecule has 0 aromatic rings. The van der Waals surface area contributed by atoms with Crippen molar-refractivity contribution in [3.63, 3.8) is 0 Å². The minimum atomic E-state index is -2.33. The molecule has 92 valence electrons. The lowest BCUT2D eigenvalue weighted by molar-refractivity contribution is 0.0819. The Morgan fingerprint density at radius 3 is 1.60 bits per heavy atom. The van der Waals surface area contributed by atoms with E-state index in [4.69, 9.17) is 18.9 Å². The van der Waals surface area contributed by atoms with Gasteiger partial charge in [-0.15, -0.1) is 0 Å². The summed E-state index contributed by atoms with van der Waals surface area (Å²) in [5, 5.41) is 0. The van der Waals surface area contributed by atoms with E-state index >= 15 is 0 Å². The minimum Gasteiger partial charge on any atom is -0.382 e. The highest BCUT2D eigenvalue weighted by molar-refractivity contribution is 7.62. The predicted octanol–water partition coefficient (Wildman–Crippen LogP) is 1.22. The van der Waals surface area contributed by atoms with Crippen LogP contribution in [0.2, 0.25) is 0 Å². The van der Waals surface area contributed by atoms with Gasteiger partial charge in [0.1, 0.15) is 19.8 Å². The molecule has 0 radical (unpaired) electrons. The number of ether oxygens (including phenoxy) is 4. The molecule has 0 atom stereocenters. The first kappa shape index (κ1) is 15.1. The molecule has 0 aliphatic rings. The first-order valence-corrected chi connectivity index (χ1v) is 7.34. The molecule has 0 spiro atoms. The Morgan fingerprint density at radius 1 is 0.867 bits per heavy atom. The van der Waals surface area contributed by atoms with E-state index in [0.717, 1.165) is 0 Å². The highest BCUT2D eigenvalue weighted by Crippen LogP contribution is 2.40. The Morgan fingerprint density at radius 2 is 1.27 bits per heavy atom. The minimum absolute atomic E-state index is 0.239. The van der Waals surface area contributed by atoms with Crippen molar-refractivity contribution in [2.24, 2.45) is 0 Å². The molecule has 0 fully saturated rings. The van der Waals surface area contributed by atoms with Gasteiger partial charge in [0.05, 0.1) is 26.4 Å². The number of hydrogen-bond acceptors (Lipinski definition) is 5. The molecular formula is C9H21O5P. The van der Waals surface area contributed by atoms with Gasteiger partial charge < -0.3 is 23.5 Å². The van der Waals surface area contributed by atoms with Crippen molar-refractivity contribution in [2.45, 2.75) is 0 Å². The van der Waals surface area contributed by atoms with Crippen LogP contribution in [0.15, 0.2) is 0 Å². The van der Waals surface area contributed by atoms with Gasteiger partial charge in [-0.2, -0.15) is 0 Å². The molecule has 0 aliphatic heterocycles. The van der Waals surface area contributed by atoms with Gasteiger partial charge in [0.2, 0.25) is 0 Å². The van der Waals surface area contributed by atoms with Gasteiger partial charge >= 0.3 is 0 Å². The highest BCUT2D eigenvalue weighted by atomic mass is 31.2. The van der Waals surface area contributed by atoms with Crippen LogP contribution in [0.25, 0.3) is 0 Å². The second kappa shape index (κ2) is 9.31. The summed E-state index contributed by atoms with van der Waals surface area (Å²) in [4.78, 5) is 0. The lowest BCUT2D eigenvalue weighted by Crippen LogP contribution is -2.08. The quantitative estimate of drug-likeness (QED) is 0.424. The molecule has 0 saturated carbocycles. The van der Waals surface area contributed by atoms with E-state index in [1.165, 1.54) is 0 Å². The zero-order chi connectivity index (χ0) is 11.6. The smallest absolute Gasteiger partial charge is 0.133 e. The predicted molar refractivity (Wildman–Crippen MR) is 58.9 cm³/mol. The van der Waals surface area contributed by atoms with Gasteiger partial charge in [-0.1, -0.05) is 0 Å². The van der Waals surface area contributed by atoms with Crippen molar-refractivity contribution >= 4 is 7.14 Å². The second-order valence-corrected chi connectivity index (χ2v) is 6.47. The third-order valence-corrected chi connectivity index (χ3v) is 3.05. The van der Waals surface area contributed by atoms with Crippen molar-refractivity contribution in [2.75, 3.05) is 60.0 Å². The summed E-state index contributed by atoms with van der Waals surface area (Å²) in [6, 6.07) is 0. The van der Waals surface area contributed by atoms with E-state index in [1.54, 1.807) is 20.9 Å². The van der Waals surface area contributed by atoms with Crippen LogP contribution in [0.3, 0.4) is 0 Å². The van der Waals surface area contributed by atoms with Crippen LogP contribution >= 0.6 is 7.14 Å². The van der Waals surface area contributed by atoms with Crippen molar-refractivity contribution in [1.82, 2.24) is 0 Å². The normalized spacial score (nSPS) is 11.9. The van der Waals surface area contributed by atoms with Crippen molar-refractivity contribution < 1.29 is 23.5 Å². The average molecular weight is 240 g/mol. The Hall–Kier alpha value is 0.0700. The van der Waals surface area contributed by atoms with E-state index in [-0.39, 0.29) is 12.7 Å². The zero-order valence-corrected chi connectivity index (χ0v) is 10.6. The molecular weight excluding hydrogens is 219 g/mol. The molecule has 0 saturated heterocycles. The van der Waals surface area contributed by atoms with Crippen molar-refractivity contribution in [1.29, 1.82) is 0 Å². The van der Waals surface area contributed by atoms with Gasteiger partial charge in [-0.25, -0.2) is 0 Å². The highest BCUT2D eigenvalue weighted by Gasteiger charge is 2.15. The third-order valence-electron chi connectivity index (χ3n) is 1.59. The number of methoxy groups -OCH3 is 2. The maximum atomic E-state index is 11.8. The van der Waals surface area contributed by atoms with Crippen LogP contribution < -0.4 is 0 Å². The van der Waals surface area contributed by atoms with Gasteiger partial charge in [0.25, 0.3) is 0 Å². The van der Waals surface area contributed by atoms with E-state index in [2.05, 4.69) is 0 Å². The number of rotatable bonds is 10. The van der Waals surface area contributed by atoms with Crippen molar-refractivity contribution in [3.05, 3.63) is 0 Å². The fraction of sp³-hybridized carbons (Fsp3) is 1.00. The van der Waals surface area contributed by atoms with Crippen LogP contribution in [0.5, 0.6) is 0 Å². The van der Waals surface area contributed by atoms with Gasteiger partial charge in [-0.05, 0) is 6.66 Å². The van der Waals surface area contributed by atoms with E-state index in [9.17, 15) is 4.57 Å². The summed E-state index contributed by atoms with van der Waals surface area (Å²) >= 11 is 0. The SMILES string of the molecule is COCCOCP(C)(=O)COCCOC. The summed E-state index contributed by atoms with van der Waals surface area (Å²) in [5.41, 5.74) is 0. The van der Waals surface area contributed by atoms with E-state index < -0.39 is 7.14 Å². The maximum absolute atomic E-state index is 11.8. The largest absolute Gasteiger partial charge is 0.382 e. The Balaban J connectivity index is 3.45. The standard InChI is InChI=1S/C9H21O5P/c1-11-4-6-13-8-15(3,10)9-14-7-5-12-2/h4-9H2,1-3H3. The molecule has 15 heavy (non-hydrogen) atoms. The Labute approximate surface area is 91.4 Å². The molecule has 0 amide bonds. The van der Waals surface area contributed by atoms with Crippen molar-refractivity contribution in [3.8, 4) is 0 Å². The summed E-state index contributed by atoms with van der Waals surface area (Å²) in [6.07, 6.45) is 0.479. The molecule has 0 rings (SSSR count).